The van der Waals surface area contributed by atoms with Crippen molar-refractivity contribution >= 4 is 23.3 Å². The number of nitro benzene ring substituents is 1. The van der Waals surface area contributed by atoms with Crippen molar-refractivity contribution in [3.63, 3.8) is 0 Å². The van der Waals surface area contributed by atoms with Crippen molar-refractivity contribution < 1.29 is 19.2 Å². The first-order valence-electron chi connectivity index (χ1n) is 6.35. The summed E-state index contributed by atoms with van der Waals surface area (Å²) in [5, 5.41) is 20.3. The minimum Gasteiger partial charge on any atom is -0.478 e. The number of nitrogens with zero attached hydrogens (tertiary/aromatic N) is 1. The van der Waals surface area contributed by atoms with Gasteiger partial charge in [-0.3, -0.25) is 10.1 Å². The van der Waals surface area contributed by atoms with E-state index >= 15 is 0 Å². The second-order valence-corrected chi connectivity index (χ2v) is 4.64. The SMILES string of the molecule is Cc1ccc(/C(=C/c2ccccc2[N+](=O)[O-])C(=O)O)cc1F. The van der Waals surface area contributed by atoms with Gasteiger partial charge in [-0.2, -0.15) is 0 Å². The summed E-state index contributed by atoms with van der Waals surface area (Å²) >= 11 is 0. The Morgan fingerprint density at radius 1 is 1.27 bits per heavy atom. The molecule has 0 aliphatic rings. The third-order valence-corrected chi connectivity index (χ3v) is 3.15. The topological polar surface area (TPSA) is 80.4 Å². The van der Waals surface area contributed by atoms with Gasteiger partial charge in [-0.1, -0.05) is 24.3 Å². The van der Waals surface area contributed by atoms with Crippen LogP contribution < -0.4 is 0 Å². The summed E-state index contributed by atoms with van der Waals surface area (Å²) in [6.07, 6.45) is 1.17. The van der Waals surface area contributed by atoms with E-state index in [9.17, 15) is 24.4 Å². The van der Waals surface area contributed by atoms with Crippen molar-refractivity contribution in [2.24, 2.45) is 0 Å². The standard InChI is InChI=1S/C16H12FNO4/c1-10-6-7-11(9-14(10)17)13(16(19)20)8-12-4-2-3-5-15(12)18(21)22/h2-9H,1H3,(H,19,20)/b13-8-. The van der Waals surface area contributed by atoms with Gasteiger partial charge >= 0.3 is 5.97 Å². The van der Waals surface area contributed by atoms with Crippen LogP contribution in [0, 0.1) is 22.9 Å². The molecule has 5 nitrogen and oxygen atoms in total. The highest BCUT2D eigenvalue weighted by Gasteiger charge is 2.16. The number of para-hydroxylation sites is 1. The molecular formula is C16H12FNO4. The highest BCUT2D eigenvalue weighted by molar-refractivity contribution is 6.20. The van der Waals surface area contributed by atoms with E-state index in [4.69, 9.17) is 0 Å². The summed E-state index contributed by atoms with van der Waals surface area (Å²) in [5.41, 5.74) is 0.251. The lowest BCUT2D eigenvalue weighted by Gasteiger charge is -2.05. The smallest absolute Gasteiger partial charge is 0.336 e. The number of hydrogen-bond acceptors (Lipinski definition) is 3. The van der Waals surface area contributed by atoms with Gasteiger partial charge in [0, 0.05) is 6.07 Å². The minimum absolute atomic E-state index is 0.144. The molecule has 0 saturated carbocycles. The number of nitro groups is 1. The molecule has 0 bridgehead atoms. The molecule has 0 saturated heterocycles. The molecule has 6 heteroatoms. The first-order chi connectivity index (χ1) is 10.4. The molecule has 0 amide bonds. The zero-order valence-electron chi connectivity index (χ0n) is 11.6. The number of carboxylic acids is 1. The Bertz CT molecular complexity index is 783. The van der Waals surface area contributed by atoms with Crippen LogP contribution in [0.15, 0.2) is 42.5 Å². The van der Waals surface area contributed by atoms with Crippen LogP contribution >= 0.6 is 0 Å². The van der Waals surface area contributed by atoms with Crippen molar-refractivity contribution in [2.75, 3.05) is 0 Å². The largest absolute Gasteiger partial charge is 0.478 e. The van der Waals surface area contributed by atoms with E-state index in [2.05, 4.69) is 0 Å². The normalized spacial score (nSPS) is 11.3. The Morgan fingerprint density at radius 2 is 1.95 bits per heavy atom. The Morgan fingerprint density at radius 3 is 2.55 bits per heavy atom. The Balaban J connectivity index is 2.60. The molecular weight excluding hydrogens is 289 g/mol. The zero-order chi connectivity index (χ0) is 16.3. The average molecular weight is 301 g/mol. The molecule has 0 spiro atoms. The van der Waals surface area contributed by atoms with Crippen LogP contribution in [-0.2, 0) is 4.79 Å². The van der Waals surface area contributed by atoms with Gasteiger partial charge in [-0.15, -0.1) is 0 Å². The van der Waals surface area contributed by atoms with Gasteiger partial charge in [0.25, 0.3) is 5.69 Å². The Kier molecular flexibility index (Phi) is 4.31. The maximum Gasteiger partial charge on any atom is 0.336 e. The number of carbonyl (C=O) groups is 1. The van der Waals surface area contributed by atoms with Crippen LogP contribution in [0.25, 0.3) is 11.6 Å². The predicted molar refractivity (Wildman–Crippen MR) is 79.7 cm³/mol. The maximum absolute atomic E-state index is 13.6. The van der Waals surface area contributed by atoms with Crippen molar-refractivity contribution in [1.82, 2.24) is 0 Å². The molecule has 0 aliphatic heterocycles. The van der Waals surface area contributed by atoms with Crippen molar-refractivity contribution in [1.29, 1.82) is 0 Å². The molecule has 2 aromatic rings. The summed E-state index contributed by atoms with van der Waals surface area (Å²) in [5.74, 6) is -1.83. The van der Waals surface area contributed by atoms with Gasteiger partial charge in [0.1, 0.15) is 5.82 Å². The molecule has 112 valence electrons. The number of hydrogen-bond donors (Lipinski definition) is 1. The van der Waals surface area contributed by atoms with E-state index < -0.39 is 16.7 Å². The molecule has 2 aromatic carbocycles. The Hall–Kier alpha value is -3.02. The second-order valence-electron chi connectivity index (χ2n) is 4.64. The first kappa shape index (κ1) is 15.4. The van der Waals surface area contributed by atoms with Crippen LogP contribution in [-0.4, -0.2) is 16.0 Å². The van der Waals surface area contributed by atoms with E-state index in [1.54, 1.807) is 13.0 Å². The van der Waals surface area contributed by atoms with Gasteiger partial charge in [-0.05, 0) is 36.3 Å². The fourth-order valence-electron chi connectivity index (χ4n) is 1.96. The third-order valence-electron chi connectivity index (χ3n) is 3.15. The summed E-state index contributed by atoms with van der Waals surface area (Å²) in [7, 11) is 0. The van der Waals surface area contributed by atoms with Gasteiger partial charge in [-0.25, -0.2) is 9.18 Å². The number of aryl methyl sites for hydroxylation is 1. The number of aliphatic carboxylic acids is 1. The van der Waals surface area contributed by atoms with E-state index in [-0.39, 0.29) is 22.4 Å². The van der Waals surface area contributed by atoms with Crippen LogP contribution in [0.1, 0.15) is 16.7 Å². The fraction of sp³-hybridized carbons (Fsp3) is 0.0625. The summed E-state index contributed by atoms with van der Waals surface area (Å²) in [6, 6.07) is 9.79. The Labute approximate surface area is 125 Å². The van der Waals surface area contributed by atoms with E-state index in [0.29, 0.717) is 5.56 Å². The van der Waals surface area contributed by atoms with Gasteiger partial charge < -0.3 is 5.11 Å². The van der Waals surface area contributed by atoms with Crippen LogP contribution in [0.2, 0.25) is 0 Å². The minimum atomic E-state index is -1.29. The zero-order valence-corrected chi connectivity index (χ0v) is 11.6. The average Bonchev–Trinajstić information content (AvgIpc) is 2.47. The maximum atomic E-state index is 13.6. The van der Waals surface area contributed by atoms with Crippen LogP contribution in [0.4, 0.5) is 10.1 Å². The van der Waals surface area contributed by atoms with Gasteiger partial charge in [0.15, 0.2) is 0 Å². The lowest BCUT2D eigenvalue weighted by Crippen LogP contribution is -2.01. The molecule has 0 aliphatic carbocycles. The summed E-state index contributed by atoms with van der Waals surface area (Å²) in [6.45, 7) is 1.56. The molecule has 0 radical (unpaired) electrons. The van der Waals surface area contributed by atoms with E-state index in [1.165, 1.54) is 36.4 Å². The molecule has 1 N–H and O–H groups in total. The van der Waals surface area contributed by atoms with Gasteiger partial charge in [0.05, 0.1) is 16.1 Å². The van der Waals surface area contributed by atoms with Crippen LogP contribution in [0.5, 0.6) is 0 Å². The first-order valence-corrected chi connectivity index (χ1v) is 6.35. The number of benzene rings is 2. The molecule has 22 heavy (non-hydrogen) atoms. The molecule has 0 atom stereocenters. The quantitative estimate of drug-likeness (QED) is 0.404. The molecule has 0 unspecified atom stereocenters. The third kappa shape index (κ3) is 3.17. The van der Waals surface area contributed by atoms with Crippen molar-refractivity contribution in [3.05, 3.63) is 75.1 Å². The van der Waals surface area contributed by atoms with E-state index in [1.807, 2.05) is 0 Å². The summed E-state index contributed by atoms with van der Waals surface area (Å²) < 4.78 is 13.6. The highest BCUT2D eigenvalue weighted by Crippen LogP contribution is 2.25. The van der Waals surface area contributed by atoms with Crippen molar-refractivity contribution in [3.8, 4) is 0 Å². The number of rotatable bonds is 4. The molecule has 2 rings (SSSR count). The van der Waals surface area contributed by atoms with Crippen LogP contribution in [0.3, 0.4) is 0 Å². The van der Waals surface area contributed by atoms with Crippen molar-refractivity contribution in [2.45, 2.75) is 6.92 Å². The molecule has 0 aromatic heterocycles. The second kappa shape index (κ2) is 6.17. The lowest BCUT2D eigenvalue weighted by atomic mass is 10.0. The monoisotopic (exact) mass is 301 g/mol. The fourth-order valence-corrected chi connectivity index (χ4v) is 1.96. The van der Waals surface area contributed by atoms with Gasteiger partial charge in [0.2, 0.25) is 0 Å². The lowest BCUT2D eigenvalue weighted by molar-refractivity contribution is -0.385. The predicted octanol–water partition coefficient (Wildman–Crippen LogP) is 3.67. The number of halogens is 1. The molecule has 0 fully saturated rings. The van der Waals surface area contributed by atoms with E-state index in [0.717, 1.165) is 6.07 Å². The summed E-state index contributed by atoms with van der Waals surface area (Å²) in [4.78, 5) is 21.8. The number of carboxylic acid groups (broad SMARTS) is 1. The molecule has 0 heterocycles. The highest BCUT2D eigenvalue weighted by atomic mass is 19.1.